The van der Waals surface area contributed by atoms with E-state index in [4.69, 9.17) is 5.73 Å². The second-order valence-corrected chi connectivity index (χ2v) is 8.44. The lowest BCUT2D eigenvalue weighted by molar-refractivity contribution is -0.166. The molecule has 176 valence electrons. The van der Waals surface area contributed by atoms with Crippen molar-refractivity contribution in [2.75, 3.05) is 14.1 Å². The molecule has 0 bridgehead atoms. The quantitative estimate of drug-likeness (QED) is 0.291. The van der Waals surface area contributed by atoms with Crippen molar-refractivity contribution in [3.63, 3.8) is 0 Å². The van der Waals surface area contributed by atoms with Gasteiger partial charge in [0.2, 0.25) is 5.78 Å². The molecule has 0 saturated heterocycles. The molecule has 1 saturated carbocycles. The molecule has 11 heteroatoms. The molecule has 1 fully saturated rings. The first-order chi connectivity index (χ1) is 14.9. The zero-order valence-electron chi connectivity index (χ0n) is 17.6. The lowest BCUT2D eigenvalue weighted by atomic mass is 9.55. The summed E-state index contributed by atoms with van der Waals surface area (Å²) in [5.74, 6) is -8.78. The number of amides is 1. The maximum absolute atomic E-state index is 13.6. The molecular weight excluding hydrogens is 500 g/mol. The number of primary amides is 1. The number of phenols is 1. The number of hydrogen-bond acceptors (Lipinski definition) is 9. The van der Waals surface area contributed by atoms with E-state index in [0.29, 0.717) is 0 Å². The summed E-state index contributed by atoms with van der Waals surface area (Å²) in [6, 6.07) is 2.89. The normalized spacial score (nSPS) is 31.1. The second-order valence-electron chi connectivity index (χ2n) is 8.44. The van der Waals surface area contributed by atoms with Crippen molar-refractivity contribution < 1.29 is 39.9 Å². The molecule has 3 aliphatic carbocycles. The molecule has 0 heterocycles. The van der Waals surface area contributed by atoms with Crippen LogP contribution in [0.5, 0.6) is 5.75 Å². The molecule has 0 aromatic heterocycles. The molecule has 3 aliphatic rings. The van der Waals surface area contributed by atoms with E-state index in [2.05, 4.69) is 6.58 Å². The molecule has 0 aliphatic heterocycles. The van der Waals surface area contributed by atoms with Crippen LogP contribution < -0.4 is 5.73 Å². The topological polar surface area (TPSA) is 182 Å². The number of phenolic OH excluding ortho intramolecular Hbond substituents is 1. The van der Waals surface area contributed by atoms with E-state index in [0.717, 1.165) is 0 Å². The van der Waals surface area contributed by atoms with Crippen LogP contribution in [0.4, 0.5) is 0 Å². The van der Waals surface area contributed by atoms with E-state index < -0.39 is 69.7 Å². The highest BCUT2D eigenvalue weighted by atomic mass is 79.9. The van der Waals surface area contributed by atoms with Gasteiger partial charge < -0.3 is 31.3 Å². The Morgan fingerprint density at radius 2 is 1.79 bits per heavy atom. The van der Waals surface area contributed by atoms with Crippen LogP contribution in [-0.4, -0.2) is 79.7 Å². The molecule has 1 amide bonds. The average molecular weight is 523 g/mol. The van der Waals surface area contributed by atoms with Crippen molar-refractivity contribution in [1.29, 1.82) is 0 Å². The molecular formula is C22H23BrN2O8. The van der Waals surface area contributed by atoms with Crippen LogP contribution in [0, 0.1) is 11.8 Å². The van der Waals surface area contributed by atoms with Gasteiger partial charge in [-0.15, -0.1) is 17.0 Å². The molecule has 1 aromatic carbocycles. The number of Topliss-reactive ketones (excluding diaryl/α,β-unsaturated/α-hetero) is 2. The minimum Gasteiger partial charge on any atom is -0.508 e. The van der Waals surface area contributed by atoms with Gasteiger partial charge in [-0.25, -0.2) is 0 Å². The lowest BCUT2D eigenvalue weighted by Crippen LogP contribution is -2.70. The highest BCUT2D eigenvalue weighted by molar-refractivity contribution is 8.93. The third-order valence-electron chi connectivity index (χ3n) is 6.61. The Hall–Kier alpha value is -2.99. The number of aliphatic hydroxyl groups excluding tert-OH is 3. The van der Waals surface area contributed by atoms with Gasteiger partial charge in [0.15, 0.2) is 11.4 Å². The van der Waals surface area contributed by atoms with Gasteiger partial charge in [-0.1, -0.05) is 18.7 Å². The first kappa shape index (κ1) is 24.6. The third kappa shape index (κ3) is 2.93. The predicted octanol–water partition coefficient (Wildman–Crippen LogP) is -0.0166. The summed E-state index contributed by atoms with van der Waals surface area (Å²) in [5.41, 5.74) is 1.16. The Kier molecular flexibility index (Phi) is 5.83. The van der Waals surface area contributed by atoms with E-state index >= 15 is 0 Å². The number of fused-ring (bicyclic) bond motifs is 3. The van der Waals surface area contributed by atoms with Gasteiger partial charge in [0, 0.05) is 5.92 Å². The van der Waals surface area contributed by atoms with Crippen molar-refractivity contribution >= 4 is 45.8 Å². The van der Waals surface area contributed by atoms with Crippen molar-refractivity contribution in [3.05, 3.63) is 52.8 Å². The van der Waals surface area contributed by atoms with Crippen molar-refractivity contribution in [1.82, 2.24) is 4.90 Å². The van der Waals surface area contributed by atoms with E-state index in [1.54, 1.807) is 0 Å². The van der Waals surface area contributed by atoms with Gasteiger partial charge in [0.25, 0.3) is 5.91 Å². The summed E-state index contributed by atoms with van der Waals surface area (Å²) in [7, 11) is 2.88. The molecule has 4 rings (SSSR count). The zero-order chi connectivity index (χ0) is 23.9. The maximum atomic E-state index is 13.6. The average Bonchev–Trinajstić information content (AvgIpc) is 2.70. The molecule has 0 unspecified atom stereocenters. The molecule has 0 radical (unpaired) electrons. The lowest BCUT2D eigenvalue weighted by Gasteiger charge is -2.52. The first-order valence-electron chi connectivity index (χ1n) is 9.71. The molecule has 5 atom stereocenters. The van der Waals surface area contributed by atoms with Crippen LogP contribution in [0.3, 0.4) is 0 Å². The molecule has 0 spiro atoms. The Morgan fingerprint density at radius 3 is 2.33 bits per heavy atom. The van der Waals surface area contributed by atoms with Gasteiger partial charge in [-0.05, 0) is 31.3 Å². The number of halogens is 1. The number of nitrogens with two attached hydrogens (primary N) is 1. The standard InChI is InChI=1S/C22H22N2O8.BrH/c1-7-8-5-4-6-9(25)11(8)16(26)12-10(7)17(27)14-15(24(2)3)18(28)13(21(23)31)20(30)22(14,32)19(12)29;/h4-6,10,14-15,17,25-27,30,32H,1H2,2-3H3,(H2,23,31);1H/t10-,14-,15-,17-,22-;/m0./s1. The maximum Gasteiger partial charge on any atom is 0.255 e. The van der Waals surface area contributed by atoms with E-state index in [9.17, 15) is 39.9 Å². The van der Waals surface area contributed by atoms with Crippen LogP contribution in [0.25, 0.3) is 11.3 Å². The highest BCUT2D eigenvalue weighted by Gasteiger charge is 2.68. The number of aliphatic hydroxyl groups is 4. The highest BCUT2D eigenvalue weighted by Crippen LogP contribution is 2.55. The largest absolute Gasteiger partial charge is 0.508 e. The second kappa shape index (κ2) is 7.80. The number of aromatic hydroxyl groups is 1. The summed E-state index contributed by atoms with van der Waals surface area (Å²) in [5, 5.41) is 54.7. The summed E-state index contributed by atoms with van der Waals surface area (Å²) in [6.45, 7) is 3.91. The van der Waals surface area contributed by atoms with Crippen molar-refractivity contribution in [2.45, 2.75) is 17.7 Å². The van der Waals surface area contributed by atoms with Crippen LogP contribution >= 0.6 is 17.0 Å². The third-order valence-corrected chi connectivity index (χ3v) is 6.61. The van der Waals surface area contributed by atoms with E-state index in [-0.39, 0.29) is 39.4 Å². The molecule has 1 aromatic rings. The zero-order valence-corrected chi connectivity index (χ0v) is 19.4. The fraction of sp³-hybridized carbons (Fsp3) is 0.318. The minimum absolute atomic E-state index is 0. The minimum atomic E-state index is -2.94. The number of nitrogens with zero attached hydrogens (tertiary/aromatic N) is 1. The Bertz CT molecular complexity index is 1190. The fourth-order valence-corrected chi connectivity index (χ4v) is 5.21. The monoisotopic (exact) mass is 522 g/mol. The van der Waals surface area contributed by atoms with Crippen LogP contribution in [0.1, 0.15) is 11.1 Å². The van der Waals surface area contributed by atoms with Crippen LogP contribution in [-0.2, 0) is 14.4 Å². The van der Waals surface area contributed by atoms with E-state index in [1.165, 1.54) is 37.2 Å². The summed E-state index contributed by atoms with van der Waals surface area (Å²) in [6.07, 6.45) is -1.69. The van der Waals surface area contributed by atoms with Crippen LogP contribution in [0.15, 0.2) is 41.7 Å². The number of rotatable bonds is 2. The van der Waals surface area contributed by atoms with Crippen LogP contribution in [0.2, 0.25) is 0 Å². The van der Waals surface area contributed by atoms with Crippen molar-refractivity contribution in [2.24, 2.45) is 17.6 Å². The number of benzene rings is 1. The number of carbonyl (C=O) groups excluding carboxylic acids is 3. The molecule has 33 heavy (non-hydrogen) atoms. The Labute approximate surface area is 198 Å². The Morgan fingerprint density at radius 1 is 1.18 bits per heavy atom. The van der Waals surface area contributed by atoms with Gasteiger partial charge in [0.05, 0.1) is 29.2 Å². The number of ketones is 2. The summed E-state index contributed by atoms with van der Waals surface area (Å²) < 4.78 is 0. The van der Waals surface area contributed by atoms with Gasteiger partial charge in [0.1, 0.15) is 22.8 Å². The first-order valence-corrected chi connectivity index (χ1v) is 9.71. The molecule has 7 N–H and O–H groups in total. The number of hydrogen-bond donors (Lipinski definition) is 6. The fourth-order valence-electron chi connectivity index (χ4n) is 5.21. The summed E-state index contributed by atoms with van der Waals surface area (Å²) >= 11 is 0. The SMILES string of the molecule is Br.C=C1c2cccc(O)c2C(O)=C2C(=O)[C@]3(O)C(O)=C(C(N)=O)C(=O)[C@@H](N(C)C)[C@H]3[C@@H](O)[C@@H]12. The summed E-state index contributed by atoms with van der Waals surface area (Å²) in [4.78, 5) is 39.8. The number of likely N-dealkylation sites (N-methyl/N-ethyl adjacent to an activating group) is 1. The van der Waals surface area contributed by atoms with Gasteiger partial charge in [-0.2, -0.15) is 0 Å². The molecule has 10 nitrogen and oxygen atoms in total. The van der Waals surface area contributed by atoms with E-state index in [1.807, 2.05) is 0 Å². The predicted molar refractivity (Wildman–Crippen MR) is 121 cm³/mol. The van der Waals surface area contributed by atoms with Gasteiger partial charge in [-0.3, -0.25) is 19.3 Å². The van der Waals surface area contributed by atoms with Crippen molar-refractivity contribution in [3.8, 4) is 5.75 Å². The smallest absolute Gasteiger partial charge is 0.255 e. The number of carbonyl (C=O) groups is 3. The van der Waals surface area contributed by atoms with Gasteiger partial charge >= 0.3 is 0 Å². The Balaban J connectivity index is 0.00000306.